The third-order valence-electron chi connectivity index (χ3n) is 6.42. The Morgan fingerprint density at radius 2 is 1.68 bits per heavy atom. The van der Waals surface area contributed by atoms with Crippen molar-refractivity contribution >= 4 is 23.1 Å². The molecule has 5 rings (SSSR count). The maximum absolute atomic E-state index is 14.7. The van der Waals surface area contributed by atoms with Gasteiger partial charge in [-0.25, -0.2) is 8.78 Å². The van der Waals surface area contributed by atoms with Gasteiger partial charge in [0.25, 0.3) is 11.7 Å². The van der Waals surface area contributed by atoms with Crippen molar-refractivity contribution in [3.05, 3.63) is 100 Å². The highest BCUT2D eigenvalue weighted by Gasteiger charge is 2.48. The molecule has 1 fully saturated rings. The highest BCUT2D eigenvalue weighted by molar-refractivity contribution is 6.51. The van der Waals surface area contributed by atoms with Crippen molar-refractivity contribution < 1.29 is 28.6 Å². The van der Waals surface area contributed by atoms with Gasteiger partial charge in [0.05, 0.1) is 17.3 Å². The molecule has 1 aliphatic heterocycles. The van der Waals surface area contributed by atoms with Gasteiger partial charge in [0, 0.05) is 11.6 Å². The van der Waals surface area contributed by atoms with Crippen LogP contribution in [0.1, 0.15) is 41.1 Å². The number of aliphatic hydroxyl groups excluding tert-OH is 1. The highest BCUT2D eigenvalue weighted by Crippen LogP contribution is 2.43. The molecule has 172 valence electrons. The van der Waals surface area contributed by atoms with Crippen molar-refractivity contribution in [3.63, 3.8) is 0 Å². The summed E-state index contributed by atoms with van der Waals surface area (Å²) in [4.78, 5) is 27.1. The largest absolute Gasteiger partial charge is 0.508 e. The number of aliphatic hydroxyl groups is 1. The zero-order valence-electron chi connectivity index (χ0n) is 18.1. The minimum absolute atomic E-state index is 0.142. The van der Waals surface area contributed by atoms with Crippen LogP contribution in [0, 0.1) is 11.6 Å². The van der Waals surface area contributed by atoms with Gasteiger partial charge in [0.1, 0.15) is 23.1 Å². The number of amides is 1. The number of phenols is 1. The molecule has 1 aliphatic carbocycles. The molecule has 0 aromatic heterocycles. The number of carbonyl (C=O) groups is 2. The molecule has 1 saturated heterocycles. The van der Waals surface area contributed by atoms with E-state index in [2.05, 4.69) is 0 Å². The van der Waals surface area contributed by atoms with Crippen LogP contribution in [0.15, 0.2) is 66.2 Å². The van der Waals surface area contributed by atoms with Crippen LogP contribution in [0.5, 0.6) is 5.75 Å². The molecular formula is C27H21F2NO4. The highest BCUT2D eigenvalue weighted by atomic mass is 19.1. The summed E-state index contributed by atoms with van der Waals surface area (Å²) in [5.74, 6) is -4.36. The van der Waals surface area contributed by atoms with Crippen molar-refractivity contribution in [1.29, 1.82) is 0 Å². The van der Waals surface area contributed by atoms with Crippen LogP contribution in [-0.4, -0.2) is 21.9 Å². The normalized spacial score (nSPS) is 19.4. The minimum atomic E-state index is -1.26. The fourth-order valence-electron chi connectivity index (χ4n) is 4.80. The predicted octanol–water partition coefficient (Wildman–Crippen LogP) is 5.18. The van der Waals surface area contributed by atoms with Gasteiger partial charge in [-0.1, -0.05) is 24.3 Å². The number of carbonyl (C=O) groups excluding carboxylic acids is 2. The van der Waals surface area contributed by atoms with Gasteiger partial charge in [0.2, 0.25) is 0 Å². The van der Waals surface area contributed by atoms with E-state index in [0.29, 0.717) is 5.56 Å². The number of anilines is 1. The molecule has 3 aromatic rings. The van der Waals surface area contributed by atoms with Crippen LogP contribution in [0.4, 0.5) is 14.5 Å². The standard InChI is InChI=1S/C27H21F2NO4/c28-19-10-11-21(29)22(14-19)30-24(17-6-3-7-20(31)13-17)23(26(33)27(30)34)25(32)18-9-8-15-4-1-2-5-16(15)12-18/h3,6-14,24,31-32H,1-2,4-5H2/b25-23-. The lowest BCUT2D eigenvalue weighted by atomic mass is 9.88. The second kappa shape index (κ2) is 8.41. The summed E-state index contributed by atoms with van der Waals surface area (Å²) < 4.78 is 28.7. The molecule has 0 saturated carbocycles. The van der Waals surface area contributed by atoms with Gasteiger partial charge in [-0.05, 0) is 72.7 Å². The maximum Gasteiger partial charge on any atom is 0.300 e. The molecular weight excluding hydrogens is 440 g/mol. The summed E-state index contributed by atoms with van der Waals surface area (Å²) in [6.45, 7) is 0. The number of phenolic OH excluding ortho intramolecular Hbond substituents is 1. The fourth-order valence-corrected chi connectivity index (χ4v) is 4.80. The topological polar surface area (TPSA) is 77.8 Å². The lowest BCUT2D eigenvalue weighted by Gasteiger charge is -2.26. The lowest BCUT2D eigenvalue weighted by Crippen LogP contribution is -2.30. The second-order valence-electron chi connectivity index (χ2n) is 8.55. The number of ketones is 1. The van der Waals surface area contributed by atoms with Gasteiger partial charge >= 0.3 is 0 Å². The van der Waals surface area contributed by atoms with Crippen molar-refractivity contribution in [2.75, 3.05) is 4.90 Å². The first kappa shape index (κ1) is 21.8. The van der Waals surface area contributed by atoms with Crippen LogP contribution in [0.2, 0.25) is 0 Å². The first-order valence-corrected chi connectivity index (χ1v) is 11.0. The van der Waals surface area contributed by atoms with Crippen molar-refractivity contribution in [1.82, 2.24) is 0 Å². The molecule has 1 atom stereocenters. The Hall–Kier alpha value is -4.00. The summed E-state index contributed by atoms with van der Waals surface area (Å²) in [5.41, 5.74) is 2.19. The van der Waals surface area contributed by atoms with E-state index in [4.69, 9.17) is 0 Å². The number of aromatic hydroxyl groups is 1. The number of hydrogen-bond donors (Lipinski definition) is 2. The van der Waals surface area contributed by atoms with Crippen LogP contribution in [0.3, 0.4) is 0 Å². The van der Waals surface area contributed by atoms with Crippen LogP contribution < -0.4 is 4.90 Å². The number of hydrogen-bond acceptors (Lipinski definition) is 4. The fraction of sp³-hybridized carbons (Fsp3) is 0.185. The summed E-state index contributed by atoms with van der Waals surface area (Å²) in [7, 11) is 0. The third kappa shape index (κ3) is 3.63. The van der Waals surface area contributed by atoms with Gasteiger partial charge in [-0.3, -0.25) is 14.5 Å². The number of halogens is 2. The van der Waals surface area contributed by atoms with E-state index in [1.807, 2.05) is 6.07 Å². The second-order valence-corrected chi connectivity index (χ2v) is 8.55. The predicted molar refractivity (Wildman–Crippen MR) is 122 cm³/mol. The van der Waals surface area contributed by atoms with Gasteiger partial charge in [-0.2, -0.15) is 0 Å². The summed E-state index contributed by atoms with van der Waals surface area (Å²) in [6.07, 6.45) is 3.88. The SMILES string of the molecule is O=C1C(=O)N(c2cc(F)ccc2F)C(c2cccc(O)c2)/C1=C(/O)c1ccc2c(c1)CCCC2. The molecule has 1 amide bonds. The Balaban J connectivity index is 1.73. The van der Waals surface area contributed by atoms with E-state index in [1.165, 1.54) is 23.8 Å². The Kier molecular flexibility index (Phi) is 5.40. The van der Waals surface area contributed by atoms with E-state index in [0.717, 1.165) is 54.3 Å². The zero-order valence-corrected chi connectivity index (χ0v) is 18.1. The number of rotatable bonds is 3. The third-order valence-corrected chi connectivity index (χ3v) is 6.42. The molecule has 5 nitrogen and oxygen atoms in total. The number of aryl methyl sites for hydroxylation is 2. The Morgan fingerprint density at radius 3 is 2.44 bits per heavy atom. The average molecular weight is 461 g/mol. The van der Waals surface area contributed by atoms with E-state index in [-0.39, 0.29) is 16.9 Å². The number of fused-ring (bicyclic) bond motifs is 1. The summed E-state index contributed by atoms with van der Waals surface area (Å²) in [6, 6.07) is 12.5. The molecule has 7 heteroatoms. The first-order valence-electron chi connectivity index (χ1n) is 11.0. The molecule has 0 spiro atoms. The molecule has 1 unspecified atom stereocenters. The molecule has 0 bridgehead atoms. The van der Waals surface area contributed by atoms with E-state index in [1.54, 1.807) is 18.2 Å². The van der Waals surface area contributed by atoms with E-state index in [9.17, 15) is 28.6 Å². The number of Topliss-reactive ketones (excluding diaryl/α,β-unsaturated/α-hetero) is 1. The van der Waals surface area contributed by atoms with E-state index >= 15 is 0 Å². The average Bonchev–Trinajstić information content (AvgIpc) is 3.10. The smallest absolute Gasteiger partial charge is 0.300 e. The van der Waals surface area contributed by atoms with E-state index < -0.39 is 40.8 Å². The molecule has 2 aliphatic rings. The molecule has 34 heavy (non-hydrogen) atoms. The van der Waals surface area contributed by atoms with Crippen LogP contribution in [-0.2, 0) is 22.4 Å². The molecule has 0 radical (unpaired) electrons. The molecule has 1 heterocycles. The van der Waals surface area contributed by atoms with Gasteiger partial charge < -0.3 is 10.2 Å². The maximum atomic E-state index is 14.7. The summed E-state index contributed by atoms with van der Waals surface area (Å²) >= 11 is 0. The first-order chi connectivity index (χ1) is 16.3. The zero-order chi connectivity index (χ0) is 24.0. The van der Waals surface area contributed by atoms with Gasteiger partial charge in [-0.15, -0.1) is 0 Å². The van der Waals surface area contributed by atoms with Crippen molar-refractivity contribution in [2.45, 2.75) is 31.7 Å². The number of nitrogens with zero attached hydrogens (tertiary/aromatic N) is 1. The molecule has 3 aromatic carbocycles. The minimum Gasteiger partial charge on any atom is -0.508 e. The monoisotopic (exact) mass is 461 g/mol. The Morgan fingerprint density at radius 1 is 0.912 bits per heavy atom. The van der Waals surface area contributed by atoms with Crippen molar-refractivity contribution in [3.8, 4) is 5.75 Å². The van der Waals surface area contributed by atoms with Gasteiger partial charge in [0.15, 0.2) is 0 Å². The van der Waals surface area contributed by atoms with Crippen LogP contribution >= 0.6 is 0 Å². The quantitative estimate of drug-likeness (QED) is 0.320. The number of benzene rings is 3. The summed E-state index contributed by atoms with van der Waals surface area (Å²) in [5, 5.41) is 21.3. The Bertz CT molecular complexity index is 1360. The Labute approximate surface area is 194 Å². The van der Waals surface area contributed by atoms with Crippen LogP contribution in [0.25, 0.3) is 5.76 Å². The lowest BCUT2D eigenvalue weighted by molar-refractivity contribution is -0.132. The van der Waals surface area contributed by atoms with Crippen molar-refractivity contribution in [2.24, 2.45) is 0 Å². The molecule has 2 N–H and O–H groups in total.